The molecule has 4 rings (SSSR count). The summed E-state index contributed by atoms with van der Waals surface area (Å²) in [7, 11) is 0. The van der Waals surface area contributed by atoms with Gasteiger partial charge in [0.1, 0.15) is 11.3 Å². The fraction of sp³-hybridized carbons (Fsp3) is 0.276. The summed E-state index contributed by atoms with van der Waals surface area (Å²) in [5.41, 5.74) is 8.48. The number of anilines is 2. The van der Waals surface area contributed by atoms with Crippen molar-refractivity contribution in [1.82, 2.24) is 5.32 Å². The number of halogens is 2. The van der Waals surface area contributed by atoms with Crippen LogP contribution in [0.1, 0.15) is 53.7 Å². The van der Waals surface area contributed by atoms with Gasteiger partial charge in [-0.1, -0.05) is 61.3 Å². The summed E-state index contributed by atoms with van der Waals surface area (Å²) >= 11 is 12.5. The molecule has 1 aliphatic heterocycles. The number of rotatable bonds is 9. The van der Waals surface area contributed by atoms with E-state index in [1.54, 1.807) is 24.3 Å². The van der Waals surface area contributed by atoms with Gasteiger partial charge in [0.05, 0.1) is 11.6 Å². The molecule has 3 aromatic carbocycles. The van der Waals surface area contributed by atoms with Gasteiger partial charge in [-0.25, -0.2) is 0 Å². The molecule has 5 N–H and O–H groups in total. The summed E-state index contributed by atoms with van der Waals surface area (Å²) in [5, 5.41) is 10.2. The van der Waals surface area contributed by atoms with E-state index in [4.69, 9.17) is 28.9 Å². The maximum atomic E-state index is 13.7. The van der Waals surface area contributed by atoms with Crippen LogP contribution in [0, 0.1) is 0 Å². The van der Waals surface area contributed by atoms with Crippen LogP contribution in [0.3, 0.4) is 0 Å². The second-order valence-electron chi connectivity index (χ2n) is 9.87. The lowest BCUT2D eigenvalue weighted by Gasteiger charge is -2.31. The first kappa shape index (κ1) is 27.6. The fourth-order valence-corrected chi connectivity index (χ4v) is 4.92. The maximum Gasteiger partial charge on any atom is 0.255 e. The molecule has 2 atom stereocenters. The third-order valence-electron chi connectivity index (χ3n) is 6.74. The molecule has 9 heteroatoms. The lowest BCUT2D eigenvalue weighted by atomic mass is 9.84. The monoisotopic (exact) mass is 552 g/mol. The average Bonchev–Trinajstić information content (AvgIpc) is 3.11. The van der Waals surface area contributed by atoms with Crippen LogP contribution in [0.15, 0.2) is 60.7 Å². The molecule has 0 radical (unpaired) electrons. The molecule has 1 heterocycles. The van der Waals surface area contributed by atoms with E-state index in [1.165, 1.54) is 6.92 Å². The van der Waals surface area contributed by atoms with Crippen molar-refractivity contribution in [3.63, 3.8) is 0 Å². The minimum absolute atomic E-state index is 0.00495. The number of amides is 2. The molecule has 198 valence electrons. The number of benzene rings is 3. The third kappa shape index (κ3) is 5.70. The number of carbonyl (C=O) groups excluding carboxylic acids is 3. The Kier molecular flexibility index (Phi) is 8.11. The Hall–Kier alpha value is -3.39. The van der Waals surface area contributed by atoms with Crippen molar-refractivity contribution in [1.29, 1.82) is 0 Å². The van der Waals surface area contributed by atoms with Gasteiger partial charge in [0, 0.05) is 39.9 Å². The highest BCUT2D eigenvalue weighted by Crippen LogP contribution is 2.43. The summed E-state index contributed by atoms with van der Waals surface area (Å²) in [6.45, 7) is 5.47. The van der Waals surface area contributed by atoms with E-state index in [2.05, 4.69) is 16.0 Å². The van der Waals surface area contributed by atoms with E-state index in [0.29, 0.717) is 32.5 Å². The molecule has 0 bridgehead atoms. The molecule has 7 nitrogen and oxygen atoms in total. The van der Waals surface area contributed by atoms with Gasteiger partial charge in [-0.3, -0.25) is 14.4 Å². The zero-order chi connectivity index (χ0) is 27.6. The van der Waals surface area contributed by atoms with Crippen LogP contribution in [0.2, 0.25) is 10.0 Å². The van der Waals surface area contributed by atoms with Gasteiger partial charge in [-0.2, -0.15) is 0 Å². The molecule has 38 heavy (non-hydrogen) atoms. The Morgan fingerprint density at radius 1 is 1.03 bits per heavy atom. The molecular weight excluding hydrogens is 523 g/mol. The van der Waals surface area contributed by atoms with Crippen molar-refractivity contribution in [3.05, 3.63) is 93.0 Å². The number of Topliss-reactive ketones (excluding diaryl/α,β-unsaturated/α-hetero) is 1. The summed E-state index contributed by atoms with van der Waals surface area (Å²) < 4.78 is 0. The Morgan fingerprint density at radius 2 is 1.76 bits per heavy atom. The Bertz CT molecular complexity index is 1410. The quantitative estimate of drug-likeness (QED) is 0.289. The zero-order valence-electron chi connectivity index (χ0n) is 21.4. The Labute approximate surface area is 232 Å². The van der Waals surface area contributed by atoms with Crippen molar-refractivity contribution in [2.75, 3.05) is 17.2 Å². The lowest BCUT2D eigenvalue weighted by Crippen LogP contribution is -2.45. The van der Waals surface area contributed by atoms with Crippen LogP contribution in [0.4, 0.5) is 11.4 Å². The highest BCUT2D eigenvalue weighted by Gasteiger charge is 2.47. The van der Waals surface area contributed by atoms with Crippen LogP contribution >= 0.6 is 23.2 Å². The predicted molar refractivity (Wildman–Crippen MR) is 152 cm³/mol. The zero-order valence-corrected chi connectivity index (χ0v) is 22.9. The molecule has 0 aromatic heterocycles. The van der Waals surface area contributed by atoms with Gasteiger partial charge in [0.2, 0.25) is 0 Å². The fourth-order valence-electron chi connectivity index (χ4n) is 4.53. The van der Waals surface area contributed by atoms with Crippen LogP contribution in [0.5, 0.6) is 0 Å². The smallest absolute Gasteiger partial charge is 0.255 e. The molecule has 2 unspecified atom stereocenters. The number of ketones is 1. The SMILES string of the molecule is CC(=O)C(N)CNC(=O)c1ccc(C(C)C)cc1NC1(Cc2cccc(Cl)c2)C(=O)Nc2cc(Cl)ccc21. The van der Waals surface area contributed by atoms with Gasteiger partial charge in [0.25, 0.3) is 11.8 Å². The van der Waals surface area contributed by atoms with Gasteiger partial charge in [-0.15, -0.1) is 0 Å². The van der Waals surface area contributed by atoms with E-state index in [0.717, 1.165) is 11.1 Å². The standard InChI is InChI=1S/C29H30Cl2N4O3/c1-16(2)19-7-9-22(27(37)33-15-24(32)17(3)36)25(12-19)35-29(14-18-5-4-6-20(30)11-18)23-10-8-21(31)13-26(23)34-28(29)38/h4-13,16,24,35H,14-15,32H2,1-3H3,(H,33,37)(H,34,38). The van der Waals surface area contributed by atoms with Gasteiger partial charge < -0.3 is 21.7 Å². The number of carbonyl (C=O) groups is 3. The first-order valence-electron chi connectivity index (χ1n) is 12.3. The largest absolute Gasteiger partial charge is 0.367 e. The molecule has 3 aromatic rings. The number of nitrogens with one attached hydrogen (secondary N) is 3. The van der Waals surface area contributed by atoms with Gasteiger partial charge in [-0.05, 0) is 60.4 Å². The normalized spacial score (nSPS) is 17.1. The number of hydrogen-bond acceptors (Lipinski definition) is 5. The topological polar surface area (TPSA) is 113 Å². The van der Waals surface area contributed by atoms with Crippen LogP contribution < -0.4 is 21.7 Å². The first-order chi connectivity index (χ1) is 18.0. The molecule has 0 saturated carbocycles. The molecule has 1 aliphatic rings. The van der Waals surface area contributed by atoms with Crippen molar-refractivity contribution in [3.8, 4) is 0 Å². The number of nitrogens with two attached hydrogens (primary N) is 1. The van der Waals surface area contributed by atoms with Gasteiger partial charge in [0.15, 0.2) is 0 Å². The number of fused-ring (bicyclic) bond motifs is 1. The predicted octanol–water partition coefficient (Wildman–Crippen LogP) is 5.27. The van der Waals surface area contributed by atoms with Crippen molar-refractivity contribution in [2.24, 2.45) is 5.73 Å². The molecule has 0 aliphatic carbocycles. The average molecular weight is 553 g/mol. The van der Waals surface area contributed by atoms with E-state index in [9.17, 15) is 14.4 Å². The van der Waals surface area contributed by atoms with E-state index >= 15 is 0 Å². The minimum Gasteiger partial charge on any atom is -0.367 e. The highest BCUT2D eigenvalue weighted by molar-refractivity contribution is 6.31. The second-order valence-corrected chi connectivity index (χ2v) is 10.7. The molecule has 0 saturated heterocycles. The van der Waals surface area contributed by atoms with Gasteiger partial charge >= 0.3 is 0 Å². The second kappa shape index (κ2) is 11.2. The molecule has 0 fully saturated rings. The lowest BCUT2D eigenvalue weighted by molar-refractivity contribution is -0.120. The maximum absolute atomic E-state index is 13.7. The summed E-state index contributed by atoms with van der Waals surface area (Å²) in [6.07, 6.45) is 0.260. The van der Waals surface area contributed by atoms with E-state index in [-0.39, 0.29) is 30.6 Å². The Morgan fingerprint density at radius 3 is 2.45 bits per heavy atom. The summed E-state index contributed by atoms with van der Waals surface area (Å²) in [5.74, 6) is -0.745. The van der Waals surface area contributed by atoms with Crippen LogP contribution in [0.25, 0.3) is 0 Å². The van der Waals surface area contributed by atoms with E-state index < -0.39 is 17.5 Å². The van der Waals surface area contributed by atoms with E-state index in [1.807, 2.05) is 50.2 Å². The minimum atomic E-state index is -1.26. The van der Waals surface area contributed by atoms with Crippen molar-refractivity contribution in [2.45, 2.75) is 44.7 Å². The van der Waals surface area contributed by atoms with Crippen molar-refractivity contribution < 1.29 is 14.4 Å². The van der Waals surface area contributed by atoms with Crippen LogP contribution in [-0.4, -0.2) is 30.2 Å². The highest BCUT2D eigenvalue weighted by atomic mass is 35.5. The Balaban J connectivity index is 1.82. The molecule has 0 spiro atoms. The third-order valence-corrected chi connectivity index (χ3v) is 7.21. The first-order valence-corrected chi connectivity index (χ1v) is 13.1. The van der Waals surface area contributed by atoms with Crippen LogP contribution in [-0.2, 0) is 21.5 Å². The summed E-state index contributed by atoms with van der Waals surface area (Å²) in [4.78, 5) is 38.6. The molecular formula is C29H30Cl2N4O3. The van der Waals surface area contributed by atoms with Crippen molar-refractivity contribution >= 4 is 52.2 Å². The number of hydrogen-bond donors (Lipinski definition) is 4. The molecule has 2 amide bonds. The summed E-state index contributed by atoms with van der Waals surface area (Å²) in [6, 6.07) is 17.2.